The van der Waals surface area contributed by atoms with E-state index in [1.807, 2.05) is 24.3 Å². The second kappa shape index (κ2) is 19.2. The third kappa shape index (κ3) is 11.3. The van der Waals surface area contributed by atoms with Crippen molar-refractivity contribution in [1.82, 2.24) is 0 Å². The van der Waals surface area contributed by atoms with Gasteiger partial charge in [-0.25, -0.2) is 0 Å². The van der Waals surface area contributed by atoms with Gasteiger partial charge in [0.1, 0.15) is 17.2 Å². The van der Waals surface area contributed by atoms with Crippen LogP contribution in [0.1, 0.15) is 22.3 Å². The maximum Gasteiger partial charge on any atom is 0.153 e. The summed E-state index contributed by atoms with van der Waals surface area (Å²) in [6.07, 6.45) is 2.85. The second-order valence-electron chi connectivity index (χ2n) is 9.74. The van der Waals surface area contributed by atoms with E-state index >= 15 is 0 Å². The van der Waals surface area contributed by atoms with Crippen molar-refractivity contribution in [1.29, 1.82) is 0 Å². The number of rotatable bonds is 9. The molecule has 1 heterocycles. The van der Waals surface area contributed by atoms with Gasteiger partial charge in [-0.05, 0) is 47.5 Å². The Morgan fingerprint density at radius 2 is 1.13 bits per heavy atom. The lowest BCUT2D eigenvalue weighted by molar-refractivity contribution is -0.0147. The number of aromatic hydroxyl groups is 2. The van der Waals surface area contributed by atoms with Gasteiger partial charge in [0.2, 0.25) is 0 Å². The van der Waals surface area contributed by atoms with E-state index in [1.165, 1.54) is 12.4 Å². The van der Waals surface area contributed by atoms with Gasteiger partial charge in [-0.3, -0.25) is 0 Å². The van der Waals surface area contributed by atoms with E-state index in [-0.39, 0.29) is 24.7 Å². The summed E-state index contributed by atoms with van der Waals surface area (Å²) >= 11 is 0. The van der Waals surface area contributed by atoms with Crippen LogP contribution >= 0.6 is 0 Å². The first-order valence-electron chi connectivity index (χ1n) is 14.7. The Balaban J connectivity index is 1.41. The molecule has 0 saturated carbocycles. The monoisotopic (exact) mass is 624 g/mol. The first-order chi connectivity index (χ1) is 22.2. The second-order valence-corrected chi connectivity index (χ2v) is 9.74. The zero-order valence-corrected chi connectivity index (χ0v) is 25.4. The van der Waals surface area contributed by atoms with Gasteiger partial charge >= 0.3 is 0 Å². The first-order valence-corrected chi connectivity index (χ1v) is 14.7. The number of benzene rings is 3. The number of methoxy groups -OCH3 is 1. The van der Waals surface area contributed by atoms with Crippen molar-refractivity contribution >= 4 is 12.4 Å². The molecule has 4 rings (SSSR count). The van der Waals surface area contributed by atoms with Gasteiger partial charge < -0.3 is 48.3 Å². The normalized spacial score (nSPS) is 15.8. The molecule has 0 spiro atoms. The Bertz CT molecular complexity index is 1340. The maximum atomic E-state index is 10.5. The highest BCUT2D eigenvalue weighted by atomic mass is 16.7. The summed E-state index contributed by atoms with van der Waals surface area (Å²) < 4.78 is 34.2. The largest absolute Gasteiger partial charge is 0.507 e. The highest BCUT2D eigenvalue weighted by Gasteiger charge is 2.15. The number of para-hydroxylation sites is 1. The van der Waals surface area contributed by atoms with Crippen molar-refractivity contribution in [3.63, 3.8) is 0 Å². The number of oxime groups is 2. The van der Waals surface area contributed by atoms with E-state index in [0.717, 1.165) is 22.3 Å². The van der Waals surface area contributed by atoms with Crippen LogP contribution in [0.15, 0.2) is 64.9 Å². The molecule has 0 saturated heterocycles. The minimum Gasteiger partial charge on any atom is -0.507 e. The van der Waals surface area contributed by atoms with Gasteiger partial charge in [0, 0.05) is 22.3 Å². The Hall–Kier alpha value is -4.20. The van der Waals surface area contributed by atoms with E-state index in [1.54, 1.807) is 37.4 Å². The third-order valence-electron chi connectivity index (χ3n) is 6.55. The van der Waals surface area contributed by atoms with Crippen LogP contribution in [0.25, 0.3) is 11.1 Å². The molecule has 0 atom stereocenters. The van der Waals surface area contributed by atoms with Gasteiger partial charge in [-0.2, -0.15) is 0 Å². The summed E-state index contributed by atoms with van der Waals surface area (Å²) in [7, 11) is 1.63. The molecule has 45 heavy (non-hydrogen) atoms. The molecule has 1 aliphatic heterocycles. The molecule has 0 amide bonds. The van der Waals surface area contributed by atoms with Gasteiger partial charge in [0.25, 0.3) is 0 Å². The molecule has 3 aromatic rings. The van der Waals surface area contributed by atoms with Gasteiger partial charge in [0.05, 0.1) is 85.6 Å². The standard InChI is InChI=1S/C33H40N2O10/c1-38-33-29-19-27(20-30(33)24-43-15-13-41-11-9-39-8-10-40-12-14-42-23-29)25-6-7-32(37)28(18-25)22-35-45-17-16-44-34-21-26-4-2-3-5-31(26)36/h2-7,18-22,36-37H,8-17,23-24H2,1H3/b34-21+,35-22+. The molecule has 12 heteroatoms. The molecule has 0 aromatic heterocycles. The zero-order chi connectivity index (χ0) is 31.5. The Labute approximate surface area is 262 Å². The van der Waals surface area contributed by atoms with Gasteiger partial charge in [-0.15, -0.1) is 0 Å². The smallest absolute Gasteiger partial charge is 0.153 e. The molecule has 2 bridgehead atoms. The molecule has 12 nitrogen and oxygen atoms in total. The van der Waals surface area contributed by atoms with Crippen molar-refractivity contribution in [2.45, 2.75) is 13.2 Å². The molecule has 242 valence electrons. The number of ether oxygens (including phenoxy) is 6. The van der Waals surface area contributed by atoms with Crippen LogP contribution in [0, 0.1) is 0 Å². The molecule has 2 N–H and O–H groups in total. The van der Waals surface area contributed by atoms with E-state index in [0.29, 0.717) is 82.9 Å². The number of hydrogen-bond acceptors (Lipinski definition) is 12. The van der Waals surface area contributed by atoms with Crippen molar-refractivity contribution in [3.05, 3.63) is 76.9 Å². The lowest BCUT2D eigenvalue weighted by Crippen LogP contribution is -2.14. The fourth-order valence-corrected chi connectivity index (χ4v) is 4.34. The molecular weight excluding hydrogens is 584 g/mol. The summed E-state index contributed by atoms with van der Waals surface area (Å²) in [5.74, 6) is 0.852. The predicted molar refractivity (Wildman–Crippen MR) is 167 cm³/mol. The average Bonchev–Trinajstić information content (AvgIpc) is 3.05. The van der Waals surface area contributed by atoms with Crippen molar-refractivity contribution in [2.75, 3.05) is 73.2 Å². The van der Waals surface area contributed by atoms with Crippen LogP contribution < -0.4 is 4.74 Å². The van der Waals surface area contributed by atoms with Crippen LogP contribution in [0.5, 0.6) is 17.2 Å². The SMILES string of the molecule is COc1c2cc(-c3ccc(O)c(/C=N/OCCO/N=C/c4ccccc4O)c3)cc1COCCOCCOCCOCCOC2. The number of hydrogen-bond donors (Lipinski definition) is 2. The summed E-state index contributed by atoms with van der Waals surface area (Å²) in [4.78, 5) is 10.4. The Morgan fingerprint density at radius 3 is 1.69 bits per heavy atom. The van der Waals surface area contributed by atoms with E-state index < -0.39 is 0 Å². The van der Waals surface area contributed by atoms with Gasteiger partial charge in [0.15, 0.2) is 13.2 Å². The first kappa shape index (κ1) is 33.7. The summed E-state index contributed by atoms with van der Waals surface area (Å²) in [6, 6.07) is 16.0. The van der Waals surface area contributed by atoms with Crippen molar-refractivity contribution in [2.24, 2.45) is 10.3 Å². The minimum atomic E-state index is 0.0498. The van der Waals surface area contributed by atoms with E-state index in [4.69, 9.17) is 38.1 Å². The average molecular weight is 625 g/mol. The number of nitrogens with zero attached hydrogens (tertiary/aromatic N) is 2. The fraction of sp³-hybridized carbons (Fsp3) is 0.394. The summed E-state index contributed by atoms with van der Waals surface area (Å²) in [5.41, 5.74) is 4.45. The van der Waals surface area contributed by atoms with Crippen molar-refractivity contribution < 1.29 is 48.3 Å². The summed E-state index contributed by atoms with van der Waals surface area (Å²) in [6.45, 7) is 4.56. The molecule has 1 aliphatic rings. The third-order valence-corrected chi connectivity index (χ3v) is 6.55. The van der Waals surface area contributed by atoms with Crippen LogP contribution in [-0.4, -0.2) is 95.8 Å². The Morgan fingerprint density at radius 1 is 0.622 bits per heavy atom. The molecule has 0 radical (unpaired) electrons. The topological polar surface area (TPSA) is 139 Å². The van der Waals surface area contributed by atoms with Crippen LogP contribution in [0.3, 0.4) is 0 Å². The maximum absolute atomic E-state index is 10.5. The lowest BCUT2D eigenvalue weighted by atomic mass is 9.97. The molecule has 3 aromatic carbocycles. The van der Waals surface area contributed by atoms with E-state index in [9.17, 15) is 10.2 Å². The van der Waals surface area contributed by atoms with E-state index in [2.05, 4.69) is 10.3 Å². The van der Waals surface area contributed by atoms with Gasteiger partial charge in [-0.1, -0.05) is 28.5 Å². The molecular formula is C33H40N2O10. The summed E-state index contributed by atoms with van der Waals surface area (Å²) in [5, 5.41) is 28.0. The zero-order valence-electron chi connectivity index (χ0n) is 25.4. The predicted octanol–water partition coefficient (Wildman–Crippen LogP) is 4.27. The number of phenols is 2. The van der Waals surface area contributed by atoms with Crippen LogP contribution in [0.4, 0.5) is 0 Å². The molecule has 0 aliphatic carbocycles. The fourth-order valence-electron chi connectivity index (χ4n) is 4.34. The highest BCUT2D eigenvalue weighted by molar-refractivity contribution is 5.86. The minimum absolute atomic E-state index is 0.0498. The number of phenolic OH excluding ortho intramolecular Hbond substituents is 2. The number of fused-ring (bicyclic) bond motifs is 2. The Kier molecular flexibility index (Phi) is 14.4. The van der Waals surface area contributed by atoms with Crippen LogP contribution in [0.2, 0.25) is 0 Å². The van der Waals surface area contributed by atoms with Crippen LogP contribution in [-0.2, 0) is 46.6 Å². The quantitative estimate of drug-likeness (QED) is 0.202. The molecule has 0 fully saturated rings. The lowest BCUT2D eigenvalue weighted by Gasteiger charge is -2.17. The van der Waals surface area contributed by atoms with Crippen molar-refractivity contribution in [3.8, 4) is 28.4 Å². The molecule has 0 unspecified atom stereocenters. The highest BCUT2D eigenvalue weighted by Crippen LogP contribution is 2.33.